The molecular formula is C19H28O. The van der Waals surface area contributed by atoms with Crippen molar-refractivity contribution in [3.8, 4) is 0 Å². The van der Waals surface area contributed by atoms with Crippen molar-refractivity contribution in [2.75, 3.05) is 0 Å². The van der Waals surface area contributed by atoms with Crippen LogP contribution >= 0.6 is 0 Å². The molecule has 0 bridgehead atoms. The van der Waals surface area contributed by atoms with E-state index in [9.17, 15) is 4.79 Å². The van der Waals surface area contributed by atoms with E-state index in [1.165, 1.54) is 18.4 Å². The van der Waals surface area contributed by atoms with Gasteiger partial charge in [-0.3, -0.25) is 4.79 Å². The maximum atomic E-state index is 13.2. The molecule has 110 valence electrons. The van der Waals surface area contributed by atoms with Crippen LogP contribution in [0.25, 0.3) is 0 Å². The summed E-state index contributed by atoms with van der Waals surface area (Å²) in [4.78, 5) is 13.2. The molecule has 2 unspecified atom stereocenters. The molecule has 0 spiro atoms. The fourth-order valence-corrected chi connectivity index (χ4v) is 3.97. The second-order valence-corrected chi connectivity index (χ2v) is 6.49. The van der Waals surface area contributed by atoms with E-state index in [0.29, 0.717) is 11.7 Å². The molecule has 1 fully saturated rings. The Hall–Kier alpha value is -1.11. The molecule has 2 atom stereocenters. The minimum Gasteiger partial charge on any atom is -0.298 e. The van der Waals surface area contributed by atoms with Gasteiger partial charge >= 0.3 is 0 Å². The first-order valence-corrected chi connectivity index (χ1v) is 8.24. The van der Waals surface area contributed by atoms with Crippen molar-refractivity contribution in [3.05, 3.63) is 35.9 Å². The van der Waals surface area contributed by atoms with Crippen LogP contribution in [0.3, 0.4) is 0 Å². The summed E-state index contributed by atoms with van der Waals surface area (Å²) in [5, 5.41) is 0. The van der Waals surface area contributed by atoms with Crippen molar-refractivity contribution in [2.45, 2.75) is 64.7 Å². The third-order valence-corrected chi connectivity index (χ3v) is 5.31. The number of ketones is 1. The predicted octanol–water partition coefficient (Wildman–Crippen LogP) is 5.14. The van der Waals surface area contributed by atoms with Gasteiger partial charge in [-0.05, 0) is 37.2 Å². The Bertz CT molecular complexity index is 430. The lowest BCUT2D eigenvalue weighted by Gasteiger charge is -2.37. The lowest BCUT2D eigenvalue weighted by molar-refractivity contribution is -0.130. The van der Waals surface area contributed by atoms with Crippen LogP contribution in [0, 0.1) is 11.8 Å². The Balaban J connectivity index is 2.30. The molecule has 0 aromatic heterocycles. The van der Waals surface area contributed by atoms with Crippen molar-refractivity contribution in [1.29, 1.82) is 0 Å². The number of benzene rings is 1. The number of hydrogen-bond acceptors (Lipinski definition) is 1. The zero-order chi connectivity index (χ0) is 14.6. The van der Waals surface area contributed by atoms with E-state index in [0.717, 1.165) is 25.7 Å². The zero-order valence-corrected chi connectivity index (χ0v) is 13.2. The number of Topliss-reactive ketones (excluding diaryl/α,β-unsaturated/α-hetero) is 1. The molecule has 1 aromatic rings. The number of rotatable bonds is 5. The first kappa shape index (κ1) is 15.3. The highest BCUT2D eigenvalue weighted by Gasteiger charge is 2.41. The monoisotopic (exact) mass is 272 g/mol. The first-order chi connectivity index (χ1) is 9.64. The maximum absolute atomic E-state index is 13.2. The fourth-order valence-electron chi connectivity index (χ4n) is 3.97. The average molecular weight is 272 g/mol. The first-order valence-electron chi connectivity index (χ1n) is 8.24. The van der Waals surface area contributed by atoms with Crippen molar-refractivity contribution >= 4 is 5.78 Å². The van der Waals surface area contributed by atoms with Crippen LogP contribution in [-0.4, -0.2) is 5.78 Å². The molecule has 0 amide bonds. The molecule has 1 aliphatic rings. The molecule has 1 saturated carbocycles. The zero-order valence-electron chi connectivity index (χ0n) is 13.2. The second kappa shape index (κ2) is 6.56. The van der Waals surface area contributed by atoms with Crippen LogP contribution < -0.4 is 0 Å². The lowest BCUT2D eigenvalue weighted by Crippen LogP contribution is -2.40. The van der Waals surface area contributed by atoms with Gasteiger partial charge in [0.1, 0.15) is 5.78 Å². The highest BCUT2D eigenvalue weighted by molar-refractivity contribution is 5.92. The third-order valence-electron chi connectivity index (χ3n) is 5.31. The van der Waals surface area contributed by atoms with Crippen molar-refractivity contribution < 1.29 is 4.79 Å². The quantitative estimate of drug-likeness (QED) is 0.725. The summed E-state index contributed by atoms with van der Waals surface area (Å²) in [6, 6.07) is 10.4. The molecule has 1 nitrogen and oxygen atoms in total. The van der Waals surface area contributed by atoms with Gasteiger partial charge in [-0.15, -0.1) is 0 Å². The normalized spacial score (nSPS) is 23.6. The third kappa shape index (κ3) is 2.82. The average Bonchev–Trinajstić information content (AvgIpc) is 2.50. The molecule has 1 aromatic carbocycles. The van der Waals surface area contributed by atoms with Crippen molar-refractivity contribution in [3.63, 3.8) is 0 Å². The Labute approximate surface area is 123 Å². The molecule has 0 N–H and O–H groups in total. The van der Waals surface area contributed by atoms with E-state index in [-0.39, 0.29) is 11.3 Å². The minimum atomic E-state index is -0.261. The molecule has 0 radical (unpaired) electrons. The Morgan fingerprint density at radius 3 is 2.35 bits per heavy atom. The molecule has 0 aliphatic heterocycles. The Kier molecular flexibility index (Phi) is 5.01. The molecule has 0 heterocycles. The largest absolute Gasteiger partial charge is 0.298 e. The van der Waals surface area contributed by atoms with Crippen LogP contribution in [0.2, 0.25) is 0 Å². The van der Waals surface area contributed by atoms with Gasteiger partial charge in [-0.2, -0.15) is 0 Å². The van der Waals surface area contributed by atoms with Gasteiger partial charge in [0.15, 0.2) is 0 Å². The number of hydrogen-bond donors (Lipinski definition) is 0. The van der Waals surface area contributed by atoms with E-state index in [1.54, 1.807) is 0 Å². The molecule has 1 heteroatoms. The van der Waals surface area contributed by atoms with Crippen molar-refractivity contribution in [2.24, 2.45) is 11.8 Å². The minimum absolute atomic E-state index is 0.261. The number of carbonyl (C=O) groups is 1. The highest BCUT2D eigenvalue weighted by atomic mass is 16.1. The number of carbonyl (C=O) groups excluding carboxylic acids is 1. The maximum Gasteiger partial charge on any atom is 0.146 e. The standard InChI is InChI=1S/C19H28O/c1-4-19(5-2,17-12-7-6-8-13-17)18(20)16-11-9-10-15(3)14-16/h6-8,12-13,15-16H,4-5,9-11,14H2,1-3H3. The van der Waals surface area contributed by atoms with Gasteiger partial charge in [0.05, 0.1) is 5.41 Å². The van der Waals surface area contributed by atoms with Gasteiger partial charge in [0.25, 0.3) is 0 Å². The Morgan fingerprint density at radius 1 is 1.15 bits per heavy atom. The van der Waals surface area contributed by atoms with Crippen LogP contribution in [0.4, 0.5) is 0 Å². The molecule has 2 rings (SSSR count). The molecule has 1 aliphatic carbocycles. The highest BCUT2D eigenvalue weighted by Crippen LogP contribution is 2.40. The SMILES string of the molecule is CCC(CC)(C(=O)C1CCCC(C)C1)c1ccccc1. The smallest absolute Gasteiger partial charge is 0.146 e. The van der Waals surface area contributed by atoms with E-state index in [2.05, 4.69) is 45.0 Å². The predicted molar refractivity (Wildman–Crippen MR) is 84.8 cm³/mol. The molecular weight excluding hydrogens is 244 g/mol. The van der Waals surface area contributed by atoms with Gasteiger partial charge in [-0.25, -0.2) is 0 Å². The summed E-state index contributed by atoms with van der Waals surface area (Å²) in [5.74, 6) is 1.49. The summed E-state index contributed by atoms with van der Waals surface area (Å²) >= 11 is 0. The fraction of sp³-hybridized carbons (Fsp3) is 0.632. The topological polar surface area (TPSA) is 17.1 Å². The summed E-state index contributed by atoms with van der Waals surface area (Å²) in [6.07, 6.45) is 6.52. The summed E-state index contributed by atoms with van der Waals surface area (Å²) in [6.45, 7) is 6.63. The van der Waals surface area contributed by atoms with E-state index < -0.39 is 0 Å². The van der Waals surface area contributed by atoms with Gasteiger partial charge in [0, 0.05) is 5.92 Å². The van der Waals surface area contributed by atoms with E-state index in [4.69, 9.17) is 0 Å². The van der Waals surface area contributed by atoms with E-state index in [1.807, 2.05) is 6.07 Å². The van der Waals surface area contributed by atoms with Crippen LogP contribution in [-0.2, 0) is 10.2 Å². The van der Waals surface area contributed by atoms with Gasteiger partial charge in [0.2, 0.25) is 0 Å². The van der Waals surface area contributed by atoms with Gasteiger partial charge < -0.3 is 0 Å². The summed E-state index contributed by atoms with van der Waals surface area (Å²) in [5.41, 5.74) is 0.955. The Morgan fingerprint density at radius 2 is 1.80 bits per heavy atom. The van der Waals surface area contributed by atoms with E-state index >= 15 is 0 Å². The summed E-state index contributed by atoms with van der Waals surface area (Å²) in [7, 11) is 0. The molecule has 20 heavy (non-hydrogen) atoms. The molecule has 0 saturated heterocycles. The van der Waals surface area contributed by atoms with Gasteiger partial charge in [-0.1, -0.05) is 63.9 Å². The van der Waals surface area contributed by atoms with Crippen LogP contribution in [0.1, 0.15) is 64.9 Å². The van der Waals surface area contributed by atoms with Crippen molar-refractivity contribution in [1.82, 2.24) is 0 Å². The summed E-state index contributed by atoms with van der Waals surface area (Å²) < 4.78 is 0. The van der Waals surface area contributed by atoms with Crippen LogP contribution in [0.5, 0.6) is 0 Å². The van der Waals surface area contributed by atoms with Crippen LogP contribution in [0.15, 0.2) is 30.3 Å². The second-order valence-electron chi connectivity index (χ2n) is 6.49. The lowest BCUT2D eigenvalue weighted by atomic mass is 9.65.